The quantitative estimate of drug-likeness (QED) is 0.467. The molecule has 0 N–H and O–H groups in total. The second kappa shape index (κ2) is 6.13. The van der Waals surface area contributed by atoms with Gasteiger partial charge in [0.05, 0.1) is 11.2 Å². The molecule has 1 heteroatoms. The molecular weight excluding hydrogens is 376 g/mol. The number of benzene rings is 2. The first-order valence-corrected chi connectivity index (χ1v) is 12.6. The average molecular weight is 411 g/mol. The predicted octanol–water partition coefficient (Wildman–Crippen LogP) is 7.72. The maximum absolute atomic E-state index is 7.35. The van der Waals surface area contributed by atoms with Crippen LogP contribution in [0.25, 0.3) is 10.8 Å². The standard InChI is InChI=1S/C30H34O/c1-20-7-10-24-18-25-13-14-28(2)26(23-9-8-21-5-3-4-6-22(21)17-23)11-12-27(28)30(25)16-15-29(24,19-20)31-30/h3-6,8-9,13,17-18,20,26-27H,7,10-12,14-16,19H2,1-2H3/t20-,26+,27+,28+,29?,30+/m0/s1. The molecule has 3 aliphatic carbocycles. The van der Waals surface area contributed by atoms with Crippen molar-refractivity contribution in [2.75, 3.05) is 0 Å². The zero-order valence-electron chi connectivity index (χ0n) is 19.0. The van der Waals surface area contributed by atoms with E-state index >= 15 is 0 Å². The van der Waals surface area contributed by atoms with Crippen molar-refractivity contribution in [1.29, 1.82) is 0 Å². The molecule has 6 atom stereocenters. The van der Waals surface area contributed by atoms with E-state index < -0.39 is 0 Å². The molecule has 3 fully saturated rings. The Labute approximate surface area is 186 Å². The van der Waals surface area contributed by atoms with Crippen LogP contribution in [0.3, 0.4) is 0 Å². The number of hydrogen-bond donors (Lipinski definition) is 0. The van der Waals surface area contributed by atoms with Crippen LogP contribution in [-0.4, -0.2) is 11.2 Å². The van der Waals surface area contributed by atoms with Crippen LogP contribution in [0.5, 0.6) is 0 Å². The van der Waals surface area contributed by atoms with Crippen molar-refractivity contribution in [3.8, 4) is 0 Å². The van der Waals surface area contributed by atoms with Gasteiger partial charge in [-0.25, -0.2) is 0 Å². The van der Waals surface area contributed by atoms with Crippen molar-refractivity contribution in [2.45, 2.75) is 82.3 Å². The minimum atomic E-state index is -0.0147. The van der Waals surface area contributed by atoms with Gasteiger partial charge in [0.25, 0.3) is 0 Å². The third-order valence-corrected chi connectivity index (χ3v) is 10.1. The normalized spacial score (nSPS) is 43.1. The van der Waals surface area contributed by atoms with Gasteiger partial charge in [0.15, 0.2) is 0 Å². The molecule has 0 radical (unpaired) electrons. The summed E-state index contributed by atoms with van der Waals surface area (Å²) in [5.74, 6) is 2.07. The first-order valence-electron chi connectivity index (χ1n) is 12.6. The summed E-state index contributed by atoms with van der Waals surface area (Å²) in [6.07, 6.45) is 15.3. The summed E-state index contributed by atoms with van der Waals surface area (Å²) in [5, 5.41) is 2.74. The Morgan fingerprint density at radius 2 is 1.84 bits per heavy atom. The lowest BCUT2D eigenvalue weighted by atomic mass is 9.58. The fraction of sp³-hybridized carbons (Fsp3) is 0.533. The molecule has 2 spiro atoms. The number of allylic oxidation sites excluding steroid dienone is 1. The molecule has 2 aromatic rings. The first kappa shape index (κ1) is 18.7. The number of hydrogen-bond acceptors (Lipinski definition) is 1. The molecule has 2 heterocycles. The summed E-state index contributed by atoms with van der Waals surface area (Å²) in [6.45, 7) is 5.02. The molecule has 2 bridgehead atoms. The van der Waals surface area contributed by atoms with Crippen LogP contribution in [0, 0.1) is 17.3 Å². The van der Waals surface area contributed by atoms with E-state index in [2.05, 4.69) is 68.5 Å². The van der Waals surface area contributed by atoms with E-state index in [1.165, 1.54) is 62.1 Å². The van der Waals surface area contributed by atoms with Gasteiger partial charge >= 0.3 is 0 Å². The third kappa shape index (κ3) is 2.37. The van der Waals surface area contributed by atoms with Crippen molar-refractivity contribution < 1.29 is 4.74 Å². The fourth-order valence-corrected chi connectivity index (χ4v) is 8.62. The highest BCUT2D eigenvalue weighted by atomic mass is 16.5. The van der Waals surface area contributed by atoms with Gasteiger partial charge in [-0.3, -0.25) is 0 Å². The molecule has 1 unspecified atom stereocenters. The highest BCUT2D eigenvalue weighted by molar-refractivity contribution is 5.83. The van der Waals surface area contributed by atoms with Crippen LogP contribution in [0.4, 0.5) is 0 Å². The van der Waals surface area contributed by atoms with E-state index in [0.717, 1.165) is 5.92 Å². The van der Waals surface area contributed by atoms with Crippen molar-refractivity contribution in [1.82, 2.24) is 0 Å². The Balaban J connectivity index is 1.31. The zero-order chi connectivity index (χ0) is 20.8. The fourth-order valence-electron chi connectivity index (χ4n) is 8.62. The van der Waals surface area contributed by atoms with Crippen LogP contribution in [0.1, 0.15) is 76.7 Å². The number of ether oxygens (including phenoxy) is 1. The molecule has 7 rings (SSSR count). The second-order valence-corrected chi connectivity index (χ2v) is 11.7. The minimum Gasteiger partial charge on any atom is -0.359 e. The van der Waals surface area contributed by atoms with E-state index in [0.29, 0.717) is 17.3 Å². The third-order valence-electron chi connectivity index (χ3n) is 10.1. The molecule has 0 amide bonds. The predicted molar refractivity (Wildman–Crippen MR) is 127 cm³/mol. The van der Waals surface area contributed by atoms with Crippen molar-refractivity contribution in [3.63, 3.8) is 0 Å². The lowest BCUT2D eigenvalue weighted by molar-refractivity contribution is -0.138. The van der Waals surface area contributed by atoms with Gasteiger partial charge in [-0.05, 0) is 102 Å². The highest BCUT2D eigenvalue weighted by Gasteiger charge is 2.66. The zero-order valence-corrected chi connectivity index (χ0v) is 19.0. The van der Waals surface area contributed by atoms with Gasteiger partial charge in [-0.2, -0.15) is 0 Å². The summed E-state index contributed by atoms with van der Waals surface area (Å²) in [6, 6.07) is 16.0. The second-order valence-electron chi connectivity index (χ2n) is 11.7. The molecule has 1 nitrogen and oxygen atoms in total. The summed E-state index contributed by atoms with van der Waals surface area (Å²) < 4.78 is 7.35. The van der Waals surface area contributed by atoms with Crippen molar-refractivity contribution >= 4 is 10.8 Å². The Kier molecular flexibility index (Phi) is 3.70. The van der Waals surface area contributed by atoms with Gasteiger partial charge in [-0.1, -0.05) is 68.5 Å². The van der Waals surface area contributed by atoms with Crippen LogP contribution in [0.15, 0.2) is 65.8 Å². The van der Waals surface area contributed by atoms with Crippen LogP contribution in [-0.2, 0) is 4.74 Å². The topological polar surface area (TPSA) is 9.23 Å². The lowest BCUT2D eigenvalue weighted by Crippen LogP contribution is -2.53. The Morgan fingerprint density at radius 1 is 0.968 bits per heavy atom. The SMILES string of the molecule is C[C@H]1CCC2=CC3=CC[C@]4(C)[C@@H](c5ccc6ccccc6c5)CC[C@H]4[C@@]34CCC2(C1)O4. The Morgan fingerprint density at radius 3 is 2.74 bits per heavy atom. The van der Waals surface area contributed by atoms with Gasteiger partial charge in [0, 0.05) is 0 Å². The lowest BCUT2D eigenvalue weighted by Gasteiger charge is -2.54. The summed E-state index contributed by atoms with van der Waals surface area (Å²) >= 11 is 0. The maximum atomic E-state index is 7.35. The molecule has 2 saturated carbocycles. The van der Waals surface area contributed by atoms with E-state index in [4.69, 9.17) is 4.74 Å². The van der Waals surface area contributed by atoms with E-state index in [1.54, 1.807) is 16.7 Å². The van der Waals surface area contributed by atoms with Crippen molar-refractivity contribution in [3.05, 3.63) is 71.3 Å². The molecule has 31 heavy (non-hydrogen) atoms. The molecule has 2 aliphatic heterocycles. The maximum Gasteiger partial charge on any atom is 0.0974 e. The average Bonchev–Trinajstić information content (AvgIpc) is 3.28. The molecule has 2 aromatic carbocycles. The monoisotopic (exact) mass is 410 g/mol. The summed E-state index contributed by atoms with van der Waals surface area (Å²) in [7, 11) is 0. The van der Waals surface area contributed by atoms with Crippen LogP contribution in [0.2, 0.25) is 0 Å². The molecule has 0 aromatic heterocycles. The van der Waals surface area contributed by atoms with Crippen LogP contribution < -0.4 is 0 Å². The van der Waals surface area contributed by atoms with E-state index in [9.17, 15) is 0 Å². The first-order chi connectivity index (χ1) is 15.0. The molecular formula is C30H34O. The van der Waals surface area contributed by atoms with Gasteiger partial charge < -0.3 is 4.74 Å². The van der Waals surface area contributed by atoms with Gasteiger partial charge in [-0.15, -0.1) is 0 Å². The van der Waals surface area contributed by atoms with Crippen LogP contribution >= 0.6 is 0 Å². The molecule has 160 valence electrons. The van der Waals surface area contributed by atoms with Gasteiger partial charge in [0.1, 0.15) is 0 Å². The minimum absolute atomic E-state index is 0.0147. The molecule has 1 saturated heterocycles. The van der Waals surface area contributed by atoms with Gasteiger partial charge in [0.2, 0.25) is 0 Å². The number of rotatable bonds is 1. The Hall–Kier alpha value is -1.86. The summed E-state index contributed by atoms with van der Waals surface area (Å²) in [4.78, 5) is 0. The Bertz CT molecular complexity index is 1140. The molecule has 5 aliphatic rings. The van der Waals surface area contributed by atoms with E-state index in [-0.39, 0.29) is 11.2 Å². The number of fused-ring (bicyclic) bond motifs is 2. The van der Waals surface area contributed by atoms with Crippen molar-refractivity contribution in [2.24, 2.45) is 17.3 Å². The van der Waals surface area contributed by atoms with E-state index in [1.807, 2.05) is 0 Å². The summed E-state index contributed by atoms with van der Waals surface area (Å²) in [5.41, 5.74) is 5.06. The largest absolute Gasteiger partial charge is 0.359 e. The highest BCUT2D eigenvalue weighted by Crippen LogP contribution is 2.69. The smallest absolute Gasteiger partial charge is 0.0974 e.